The number of ether oxygens (including phenoxy) is 2. The van der Waals surface area contributed by atoms with E-state index in [-0.39, 0.29) is 5.69 Å². The van der Waals surface area contributed by atoms with E-state index in [4.69, 9.17) is 14.6 Å². The van der Waals surface area contributed by atoms with Crippen LogP contribution < -0.4 is 4.74 Å². The van der Waals surface area contributed by atoms with E-state index >= 15 is 0 Å². The molecule has 0 atom stereocenters. The van der Waals surface area contributed by atoms with Crippen molar-refractivity contribution in [3.63, 3.8) is 0 Å². The molecule has 0 spiro atoms. The Hall–Kier alpha value is -2.44. The molecule has 1 aliphatic rings. The number of hydrogen-bond acceptors (Lipinski definition) is 5. The van der Waals surface area contributed by atoms with Crippen molar-refractivity contribution in [2.45, 2.75) is 6.54 Å². The van der Waals surface area contributed by atoms with Crippen LogP contribution in [0.4, 0.5) is 0 Å². The highest BCUT2D eigenvalue weighted by Gasteiger charge is 2.15. The van der Waals surface area contributed by atoms with Crippen LogP contribution in [0, 0.1) is 0 Å². The van der Waals surface area contributed by atoms with E-state index in [0.29, 0.717) is 11.4 Å². The van der Waals surface area contributed by atoms with Crippen LogP contribution in [0.3, 0.4) is 0 Å². The van der Waals surface area contributed by atoms with Crippen molar-refractivity contribution in [3.05, 3.63) is 47.7 Å². The van der Waals surface area contributed by atoms with E-state index in [1.807, 2.05) is 18.2 Å². The van der Waals surface area contributed by atoms with Gasteiger partial charge in [0.15, 0.2) is 0 Å². The predicted molar refractivity (Wildman–Crippen MR) is 89.3 cm³/mol. The van der Waals surface area contributed by atoms with Crippen molar-refractivity contribution in [1.82, 2.24) is 9.88 Å². The molecule has 1 saturated heterocycles. The lowest BCUT2D eigenvalue weighted by atomic mass is 10.1. The van der Waals surface area contributed by atoms with Gasteiger partial charge in [-0.2, -0.15) is 0 Å². The lowest BCUT2D eigenvalue weighted by Crippen LogP contribution is -2.35. The molecule has 6 heteroatoms. The molecule has 1 fully saturated rings. The van der Waals surface area contributed by atoms with Crippen LogP contribution in [0.5, 0.6) is 5.75 Å². The second kappa shape index (κ2) is 7.42. The monoisotopic (exact) mass is 328 g/mol. The topological polar surface area (TPSA) is 71.9 Å². The number of hydrogen-bond donors (Lipinski definition) is 1. The first-order valence-corrected chi connectivity index (χ1v) is 7.85. The van der Waals surface area contributed by atoms with E-state index in [1.54, 1.807) is 13.2 Å². The van der Waals surface area contributed by atoms with Crippen molar-refractivity contribution >= 4 is 5.97 Å². The van der Waals surface area contributed by atoms with E-state index < -0.39 is 5.97 Å². The third-order valence-corrected chi connectivity index (χ3v) is 4.01. The highest BCUT2D eigenvalue weighted by Crippen LogP contribution is 2.29. The van der Waals surface area contributed by atoms with Gasteiger partial charge in [0.05, 0.1) is 20.3 Å². The highest BCUT2D eigenvalue weighted by atomic mass is 16.5. The Morgan fingerprint density at radius 2 is 2.08 bits per heavy atom. The van der Waals surface area contributed by atoms with Crippen molar-refractivity contribution in [3.8, 4) is 17.0 Å². The van der Waals surface area contributed by atoms with E-state index in [1.165, 1.54) is 6.07 Å². The Bertz CT molecular complexity index is 727. The molecule has 3 rings (SSSR count). The predicted octanol–water partition coefficient (Wildman–Crippen LogP) is 2.29. The molecule has 1 aromatic heterocycles. The number of carbonyl (C=O) groups is 1. The molecular formula is C18H20N2O4. The molecule has 1 aromatic carbocycles. The third-order valence-electron chi connectivity index (χ3n) is 4.01. The maximum atomic E-state index is 11.2. The Kier molecular flexibility index (Phi) is 5.08. The van der Waals surface area contributed by atoms with Crippen molar-refractivity contribution in [1.29, 1.82) is 0 Å². The van der Waals surface area contributed by atoms with Crippen LogP contribution in [-0.4, -0.2) is 54.4 Å². The smallest absolute Gasteiger partial charge is 0.354 e. The fraction of sp³-hybridized carbons (Fsp3) is 0.333. The number of morpholine rings is 1. The van der Waals surface area contributed by atoms with Gasteiger partial charge in [-0.3, -0.25) is 4.90 Å². The van der Waals surface area contributed by atoms with Gasteiger partial charge in [0.1, 0.15) is 17.1 Å². The summed E-state index contributed by atoms with van der Waals surface area (Å²) in [6.45, 7) is 4.18. The molecular weight excluding hydrogens is 308 g/mol. The van der Waals surface area contributed by atoms with Gasteiger partial charge in [-0.1, -0.05) is 18.2 Å². The zero-order valence-corrected chi connectivity index (χ0v) is 13.6. The SMILES string of the molecule is COc1ccc(C(=O)O)nc1-c1cccc(CN2CCOCC2)c1. The van der Waals surface area contributed by atoms with Gasteiger partial charge >= 0.3 is 5.97 Å². The number of carboxylic acid groups (broad SMARTS) is 1. The molecule has 2 aromatic rings. The largest absolute Gasteiger partial charge is 0.494 e. The molecule has 24 heavy (non-hydrogen) atoms. The van der Waals surface area contributed by atoms with Crippen molar-refractivity contribution in [2.75, 3.05) is 33.4 Å². The number of benzene rings is 1. The molecule has 0 unspecified atom stereocenters. The molecule has 6 nitrogen and oxygen atoms in total. The van der Waals surface area contributed by atoms with Gasteiger partial charge in [-0.05, 0) is 23.8 Å². The number of methoxy groups -OCH3 is 1. The maximum Gasteiger partial charge on any atom is 0.354 e. The van der Waals surface area contributed by atoms with Crippen LogP contribution in [0.1, 0.15) is 16.1 Å². The van der Waals surface area contributed by atoms with Crippen LogP contribution in [0.2, 0.25) is 0 Å². The Balaban J connectivity index is 1.90. The molecule has 0 aliphatic carbocycles. The molecule has 0 radical (unpaired) electrons. The van der Waals surface area contributed by atoms with Gasteiger partial charge in [-0.25, -0.2) is 9.78 Å². The van der Waals surface area contributed by atoms with Crippen LogP contribution in [0.25, 0.3) is 11.3 Å². The number of carboxylic acids is 1. The zero-order valence-electron chi connectivity index (χ0n) is 13.6. The first-order chi connectivity index (χ1) is 11.7. The number of rotatable bonds is 5. The molecule has 0 bridgehead atoms. The molecule has 2 heterocycles. The summed E-state index contributed by atoms with van der Waals surface area (Å²) in [6, 6.07) is 11.1. The first kappa shape index (κ1) is 16.4. The van der Waals surface area contributed by atoms with E-state index in [0.717, 1.165) is 44.0 Å². The molecule has 126 valence electrons. The summed E-state index contributed by atoms with van der Waals surface area (Å²) in [5.74, 6) is -0.494. The van der Waals surface area contributed by atoms with Gasteiger partial charge in [0.2, 0.25) is 0 Å². The Morgan fingerprint density at radius 1 is 1.29 bits per heavy atom. The number of aromatic nitrogens is 1. The molecule has 1 N–H and O–H groups in total. The highest BCUT2D eigenvalue weighted by molar-refractivity contribution is 5.86. The molecule has 0 saturated carbocycles. The lowest BCUT2D eigenvalue weighted by molar-refractivity contribution is 0.0342. The summed E-state index contributed by atoms with van der Waals surface area (Å²) in [6.07, 6.45) is 0. The number of pyridine rings is 1. The second-order valence-corrected chi connectivity index (χ2v) is 5.64. The Labute approximate surface area is 140 Å². The van der Waals surface area contributed by atoms with Crippen molar-refractivity contribution in [2.24, 2.45) is 0 Å². The van der Waals surface area contributed by atoms with Gasteiger partial charge < -0.3 is 14.6 Å². The summed E-state index contributed by atoms with van der Waals surface area (Å²) >= 11 is 0. The average Bonchev–Trinajstić information content (AvgIpc) is 2.62. The van der Waals surface area contributed by atoms with E-state index in [9.17, 15) is 4.79 Å². The number of aromatic carboxylic acids is 1. The van der Waals surface area contributed by atoms with Gasteiger partial charge in [0, 0.05) is 25.2 Å². The fourth-order valence-corrected chi connectivity index (χ4v) is 2.77. The minimum atomic E-state index is -1.05. The summed E-state index contributed by atoms with van der Waals surface area (Å²) in [5.41, 5.74) is 2.55. The molecule has 1 aliphatic heterocycles. The summed E-state index contributed by atoms with van der Waals surface area (Å²) in [4.78, 5) is 17.8. The zero-order chi connectivity index (χ0) is 16.9. The second-order valence-electron chi connectivity index (χ2n) is 5.64. The minimum Gasteiger partial charge on any atom is -0.494 e. The Morgan fingerprint density at radius 3 is 2.79 bits per heavy atom. The first-order valence-electron chi connectivity index (χ1n) is 7.85. The van der Waals surface area contributed by atoms with Crippen LogP contribution in [0.15, 0.2) is 36.4 Å². The quantitative estimate of drug-likeness (QED) is 0.908. The summed E-state index contributed by atoms with van der Waals surface area (Å²) in [5, 5.41) is 9.17. The standard InChI is InChI=1S/C18H20N2O4/c1-23-16-6-5-15(18(21)22)19-17(16)14-4-2-3-13(11-14)12-20-7-9-24-10-8-20/h2-6,11H,7-10,12H2,1H3,(H,21,22). The maximum absolute atomic E-state index is 11.2. The summed E-state index contributed by atoms with van der Waals surface area (Å²) in [7, 11) is 1.55. The van der Waals surface area contributed by atoms with E-state index in [2.05, 4.69) is 16.0 Å². The lowest BCUT2D eigenvalue weighted by Gasteiger charge is -2.26. The van der Waals surface area contributed by atoms with Gasteiger partial charge in [0.25, 0.3) is 0 Å². The average molecular weight is 328 g/mol. The van der Waals surface area contributed by atoms with Crippen molar-refractivity contribution < 1.29 is 19.4 Å². The summed E-state index contributed by atoms with van der Waals surface area (Å²) < 4.78 is 10.7. The normalized spacial score (nSPS) is 15.2. The minimum absolute atomic E-state index is 0.00406. The van der Waals surface area contributed by atoms with Gasteiger partial charge in [-0.15, -0.1) is 0 Å². The van der Waals surface area contributed by atoms with Crippen LogP contribution in [-0.2, 0) is 11.3 Å². The third kappa shape index (κ3) is 3.72. The number of nitrogens with zero attached hydrogens (tertiary/aromatic N) is 2. The molecule has 0 amide bonds. The fourth-order valence-electron chi connectivity index (χ4n) is 2.77. The van der Waals surface area contributed by atoms with Crippen LogP contribution >= 0.6 is 0 Å².